The predicted octanol–water partition coefficient (Wildman–Crippen LogP) is 4.66. The minimum Gasteiger partial charge on any atom is -0.286 e. The molecule has 3 rings (SSSR count). The number of hydrogen-bond donors (Lipinski definition) is 0. The molecule has 0 saturated heterocycles. The van der Waals surface area contributed by atoms with E-state index < -0.39 is 12.1 Å². The molecule has 0 heterocycles. The Kier molecular flexibility index (Phi) is 7.30. The van der Waals surface area contributed by atoms with E-state index in [0.717, 1.165) is 32.1 Å². The first-order chi connectivity index (χ1) is 14.1. The van der Waals surface area contributed by atoms with Gasteiger partial charge in [0.15, 0.2) is 0 Å². The van der Waals surface area contributed by atoms with Crippen LogP contribution >= 0.6 is 0 Å². The van der Waals surface area contributed by atoms with E-state index in [2.05, 4.69) is 0 Å². The molecule has 0 aliphatic heterocycles. The van der Waals surface area contributed by atoms with Crippen LogP contribution in [0.25, 0.3) is 0 Å². The second kappa shape index (κ2) is 10.1. The van der Waals surface area contributed by atoms with Gasteiger partial charge in [0.1, 0.15) is 0 Å². The van der Waals surface area contributed by atoms with Crippen LogP contribution in [0.2, 0.25) is 0 Å². The molecular weight excluding hydrogens is 370 g/mol. The first kappa shape index (κ1) is 20.9. The fourth-order valence-corrected chi connectivity index (χ4v) is 4.20. The lowest BCUT2D eigenvalue weighted by Crippen LogP contribution is -2.44. The average Bonchev–Trinajstić information content (AvgIpc) is 2.75. The highest BCUT2D eigenvalue weighted by molar-refractivity contribution is 5.19. The molecule has 0 amide bonds. The summed E-state index contributed by atoms with van der Waals surface area (Å²) >= 11 is 0. The third kappa shape index (κ3) is 5.60. The van der Waals surface area contributed by atoms with Crippen molar-refractivity contribution in [1.82, 2.24) is 4.90 Å². The summed E-state index contributed by atoms with van der Waals surface area (Å²) in [4.78, 5) is 25.2. The highest BCUT2D eigenvalue weighted by atomic mass is 16.6. The quantitative estimate of drug-likeness (QED) is 0.453. The molecule has 0 spiro atoms. The molecule has 1 fully saturated rings. The fraction of sp³-hybridized carbons (Fsp3) is 0.455. The van der Waals surface area contributed by atoms with E-state index in [9.17, 15) is 20.2 Å². The second-order valence-corrected chi connectivity index (χ2v) is 7.67. The molecule has 7 nitrogen and oxygen atoms in total. The lowest BCUT2D eigenvalue weighted by atomic mass is 9.92. The largest absolute Gasteiger partial charge is 0.286 e. The van der Waals surface area contributed by atoms with E-state index in [1.54, 1.807) is 48.5 Å². The van der Waals surface area contributed by atoms with Crippen LogP contribution in [0.15, 0.2) is 60.7 Å². The van der Waals surface area contributed by atoms with E-state index in [1.807, 2.05) is 17.0 Å². The summed E-state index contributed by atoms with van der Waals surface area (Å²) in [7, 11) is 0. The van der Waals surface area contributed by atoms with Crippen LogP contribution < -0.4 is 0 Å². The van der Waals surface area contributed by atoms with Crippen LogP contribution in [0.4, 0.5) is 0 Å². The standard InChI is InChI=1S/C22H27N3O4/c26-24(27)21(18-10-4-1-5-11-18)16-23(20-14-8-3-9-15-20)17-22(25(28)29)19-12-6-2-7-13-19/h1-2,4-7,10-13,20-22H,3,8-9,14-17H2. The zero-order chi connectivity index (χ0) is 20.6. The van der Waals surface area contributed by atoms with E-state index in [0.29, 0.717) is 11.1 Å². The van der Waals surface area contributed by atoms with Crippen LogP contribution in [0.3, 0.4) is 0 Å². The zero-order valence-electron chi connectivity index (χ0n) is 16.4. The van der Waals surface area contributed by atoms with Crippen molar-refractivity contribution >= 4 is 0 Å². The SMILES string of the molecule is O=[N+]([O-])C(CN(CC(c1ccccc1)[N+](=O)[O-])C1CCCCC1)c1ccccc1. The van der Waals surface area contributed by atoms with Gasteiger partial charge in [-0.3, -0.25) is 25.1 Å². The maximum atomic E-state index is 11.9. The van der Waals surface area contributed by atoms with Gasteiger partial charge in [-0.05, 0) is 12.8 Å². The van der Waals surface area contributed by atoms with Crippen molar-refractivity contribution in [2.45, 2.75) is 50.2 Å². The Balaban J connectivity index is 1.87. The van der Waals surface area contributed by atoms with Crippen LogP contribution in [0.1, 0.15) is 55.3 Å². The second-order valence-electron chi connectivity index (χ2n) is 7.67. The highest BCUT2D eigenvalue weighted by Crippen LogP contribution is 2.29. The van der Waals surface area contributed by atoms with Gasteiger partial charge in [-0.25, -0.2) is 0 Å². The molecule has 0 aromatic heterocycles. The van der Waals surface area contributed by atoms with Crippen molar-refractivity contribution in [3.63, 3.8) is 0 Å². The minimum atomic E-state index is -0.902. The average molecular weight is 397 g/mol. The Morgan fingerprint density at radius 2 is 1.17 bits per heavy atom. The van der Waals surface area contributed by atoms with Crippen molar-refractivity contribution in [1.29, 1.82) is 0 Å². The van der Waals surface area contributed by atoms with Crippen LogP contribution in [0.5, 0.6) is 0 Å². The van der Waals surface area contributed by atoms with Crippen molar-refractivity contribution < 1.29 is 9.85 Å². The molecule has 154 valence electrons. The third-order valence-corrected chi connectivity index (χ3v) is 5.78. The predicted molar refractivity (Wildman–Crippen MR) is 111 cm³/mol. The van der Waals surface area contributed by atoms with E-state index in [-0.39, 0.29) is 29.0 Å². The van der Waals surface area contributed by atoms with Crippen molar-refractivity contribution in [2.75, 3.05) is 13.1 Å². The monoisotopic (exact) mass is 397 g/mol. The molecule has 7 heteroatoms. The van der Waals surface area contributed by atoms with Gasteiger partial charge >= 0.3 is 0 Å². The lowest BCUT2D eigenvalue weighted by molar-refractivity contribution is -0.538. The van der Waals surface area contributed by atoms with Crippen LogP contribution in [-0.4, -0.2) is 33.9 Å². The highest BCUT2D eigenvalue weighted by Gasteiger charge is 2.35. The normalized spacial score (nSPS) is 17.0. The number of hydrogen-bond acceptors (Lipinski definition) is 5. The maximum Gasteiger partial charge on any atom is 0.250 e. The molecule has 1 aliphatic carbocycles. The van der Waals surface area contributed by atoms with Gasteiger partial charge in [0, 0.05) is 27.0 Å². The van der Waals surface area contributed by atoms with Crippen molar-refractivity contribution in [3.05, 3.63) is 92.0 Å². The molecule has 2 aromatic rings. The Bertz CT molecular complexity index is 735. The smallest absolute Gasteiger partial charge is 0.250 e. The summed E-state index contributed by atoms with van der Waals surface area (Å²) in [5.74, 6) is 0. The summed E-state index contributed by atoms with van der Waals surface area (Å²) in [6.07, 6.45) is 5.13. The summed E-state index contributed by atoms with van der Waals surface area (Å²) in [5.41, 5.74) is 1.27. The molecule has 0 N–H and O–H groups in total. The van der Waals surface area contributed by atoms with Gasteiger partial charge in [0.2, 0.25) is 0 Å². The molecule has 0 radical (unpaired) electrons. The molecule has 2 unspecified atom stereocenters. The molecule has 1 aliphatic rings. The van der Waals surface area contributed by atoms with Gasteiger partial charge in [0.25, 0.3) is 12.1 Å². The number of rotatable bonds is 9. The zero-order valence-corrected chi connectivity index (χ0v) is 16.4. The Morgan fingerprint density at radius 1 is 0.759 bits per heavy atom. The van der Waals surface area contributed by atoms with Gasteiger partial charge in [-0.2, -0.15) is 0 Å². The van der Waals surface area contributed by atoms with Gasteiger partial charge in [0.05, 0.1) is 13.1 Å². The molecule has 2 aromatic carbocycles. The Labute approximate surface area is 170 Å². The van der Waals surface area contributed by atoms with E-state index >= 15 is 0 Å². The van der Waals surface area contributed by atoms with Crippen molar-refractivity contribution in [3.8, 4) is 0 Å². The van der Waals surface area contributed by atoms with Crippen LogP contribution in [0, 0.1) is 20.2 Å². The summed E-state index contributed by atoms with van der Waals surface area (Å²) in [5, 5.41) is 23.7. The molecule has 0 bridgehead atoms. The first-order valence-corrected chi connectivity index (χ1v) is 10.2. The molecular formula is C22H27N3O4. The van der Waals surface area contributed by atoms with Crippen molar-refractivity contribution in [2.24, 2.45) is 0 Å². The Morgan fingerprint density at radius 3 is 1.55 bits per heavy atom. The van der Waals surface area contributed by atoms with Gasteiger partial charge in [-0.15, -0.1) is 0 Å². The number of benzene rings is 2. The molecule has 2 atom stereocenters. The lowest BCUT2D eigenvalue weighted by Gasteiger charge is -2.35. The topological polar surface area (TPSA) is 89.5 Å². The summed E-state index contributed by atoms with van der Waals surface area (Å²) < 4.78 is 0. The van der Waals surface area contributed by atoms with E-state index in [4.69, 9.17) is 0 Å². The van der Waals surface area contributed by atoms with E-state index in [1.165, 1.54) is 0 Å². The summed E-state index contributed by atoms with van der Waals surface area (Å²) in [6.45, 7) is 0.359. The summed E-state index contributed by atoms with van der Waals surface area (Å²) in [6, 6.07) is 16.2. The Hall–Kier alpha value is -2.80. The maximum absolute atomic E-state index is 11.9. The minimum absolute atomic E-state index is 0.140. The van der Waals surface area contributed by atoms with Gasteiger partial charge < -0.3 is 0 Å². The third-order valence-electron chi connectivity index (χ3n) is 5.78. The first-order valence-electron chi connectivity index (χ1n) is 10.2. The number of nitro groups is 2. The number of nitrogens with zero attached hydrogens (tertiary/aromatic N) is 3. The fourth-order valence-electron chi connectivity index (χ4n) is 4.20. The molecule has 29 heavy (non-hydrogen) atoms. The van der Waals surface area contributed by atoms with Gasteiger partial charge in [-0.1, -0.05) is 79.9 Å². The van der Waals surface area contributed by atoms with Crippen LogP contribution in [-0.2, 0) is 0 Å². The molecule has 1 saturated carbocycles.